The van der Waals surface area contributed by atoms with Gasteiger partial charge in [0.05, 0.1) is 35.6 Å². The van der Waals surface area contributed by atoms with Gasteiger partial charge in [-0.25, -0.2) is 0 Å². The first-order valence-corrected chi connectivity index (χ1v) is 10.2. The van der Waals surface area contributed by atoms with Crippen LogP contribution in [0.1, 0.15) is 42.4 Å². The molecule has 1 aliphatic heterocycles. The molecule has 1 fully saturated rings. The summed E-state index contributed by atoms with van der Waals surface area (Å²) in [5.41, 5.74) is 2.51. The summed E-state index contributed by atoms with van der Waals surface area (Å²) in [5.74, 6) is -0.908. The van der Waals surface area contributed by atoms with Crippen LogP contribution in [0.3, 0.4) is 0 Å². The highest BCUT2D eigenvalue weighted by Crippen LogP contribution is 2.40. The third-order valence-corrected chi connectivity index (χ3v) is 5.39. The van der Waals surface area contributed by atoms with E-state index in [1.165, 1.54) is 12.0 Å². The van der Waals surface area contributed by atoms with Crippen molar-refractivity contribution in [1.29, 1.82) is 0 Å². The second-order valence-corrected chi connectivity index (χ2v) is 7.89. The van der Waals surface area contributed by atoms with Crippen LogP contribution in [0.5, 0.6) is 5.75 Å². The molecule has 31 heavy (non-hydrogen) atoms. The summed E-state index contributed by atoms with van der Waals surface area (Å²) in [4.78, 5) is 27.3. The fourth-order valence-electron chi connectivity index (χ4n) is 3.90. The van der Waals surface area contributed by atoms with Gasteiger partial charge in [0, 0.05) is 26.4 Å². The quantitative estimate of drug-likeness (QED) is 0.415. The number of aromatic nitrogens is 2. The Morgan fingerprint density at radius 2 is 1.84 bits per heavy atom. The Kier molecular flexibility index (Phi) is 6.50. The number of carbonyl (C=O) groups is 2. The number of aryl methyl sites for hydroxylation is 2. The van der Waals surface area contributed by atoms with E-state index in [0.29, 0.717) is 28.3 Å². The third kappa shape index (κ3) is 4.20. The van der Waals surface area contributed by atoms with Crippen LogP contribution in [-0.4, -0.2) is 57.8 Å². The van der Waals surface area contributed by atoms with Crippen molar-refractivity contribution in [3.8, 4) is 5.75 Å². The van der Waals surface area contributed by atoms with Crippen molar-refractivity contribution >= 4 is 17.4 Å². The maximum Gasteiger partial charge on any atom is 0.295 e. The molecule has 1 N–H and O–H groups in total. The largest absolute Gasteiger partial charge is 0.507 e. The maximum atomic E-state index is 13.0. The van der Waals surface area contributed by atoms with Crippen LogP contribution in [0, 0.1) is 13.8 Å². The number of amides is 1. The lowest BCUT2D eigenvalue weighted by Gasteiger charge is -2.25. The molecule has 2 heterocycles. The lowest BCUT2D eigenvalue weighted by atomic mass is 9.94. The SMILES string of the molecule is COCCN1C(=O)C(=O)/C(=C(/O)c2c(C)nn(C)c2C)C1c1ccc(OC(C)C)cc1. The van der Waals surface area contributed by atoms with Gasteiger partial charge in [-0.3, -0.25) is 14.3 Å². The lowest BCUT2D eigenvalue weighted by molar-refractivity contribution is -0.140. The van der Waals surface area contributed by atoms with Crippen LogP contribution in [0.2, 0.25) is 0 Å². The Balaban J connectivity index is 2.15. The molecule has 1 saturated heterocycles. The van der Waals surface area contributed by atoms with Crippen molar-refractivity contribution in [2.45, 2.75) is 39.8 Å². The van der Waals surface area contributed by atoms with Crippen molar-refractivity contribution in [3.05, 3.63) is 52.4 Å². The molecule has 0 radical (unpaired) electrons. The van der Waals surface area contributed by atoms with Gasteiger partial charge in [0.1, 0.15) is 11.5 Å². The fourth-order valence-corrected chi connectivity index (χ4v) is 3.90. The number of likely N-dealkylation sites (tertiary alicyclic amines) is 1. The fraction of sp³-hybridized carbons (Fsp3) is 0.435. The van der Waals surface area contributed by atoms with E-state index in [1.54, 1.807) is 30.8 Å². The zero-order valence-corrected chi connectivity index (χ0v) is 18.8. The highest BCUT2D eigenvalue weighted by atomic mass is 16.5. The van der Waals surface area contributed by atoms with Gasteiger partial charge in [-0.1, -0.05) is 12.1 Å². The third-order valence-electron chi connectivity index (χ3n) is 5.39. The summed E-state index contributed by atoms with van der Waals surface area (Å²) >= 11 is 0. The van der Waals surface area contributed by atoms with Gasteiger partial charge in [0.15, 0.2) is 0 Å². The number of carbonyl (C=O) groups excluding carboxylic acids is 2. The van der Waals surface area contributed by atoms with Crippen molar-refractivity contribution in [3.63, 3.8) is 0 Å². The van der Waals surface area contributed by atoms with Crippen molar-refractivity contribution < 1.29 is 24.2 Å². The first-order valence-electron chi connectivity index (χ1n) is 10.2. The van der Waals surface area contributed by atoms with E-state index in [2.05, 4.69) is 5.10 Å². The minimum absolute atomic E-state index is 0.0229. The molecule has 0 spiro atoms. The zero-order valence-electron chi connectivity index (χ0n) is 18.8. The molecule has 1 aliphatic rings. The van der Waals surface area contributed by atoms with Crippen LogP contribution in [0.4, 0.5) is 0 Å². The first kappa shape index (κ1) is 22.6. The summed E-state index contributed by atoms with van der Waals surface area (Å²) in [5, 5.41) is 15.5. The molecule has 1 atom stereocenters. The van der Waals surface area contributed by atoms with E-state index in [1.807, 2.05) is 32.9 Å². The molecule has 0 aliphatic carbocycles. The molecule has 1 aromatic carbocycles. The first-order chi connectivity index (χ1) is 14.7. The molecule has 1 aromatic heterocycles. The van der Waals surface area contributed by atoms with E-state index < -0.39 is 17.7 Å². The molecule has 8 nitrogen and oxygen atoms in total. The summed E-state index contributed by atoms with van der Waals surface area (Å²) in [7, 11) is 3.30. The number of hydrogen-bond donors (Lipinski definition) is 1. The highest BCUT2D eigenvalue weighted by molar-refractivity contribution is 6.46. The topological polar surface area (TPSA) is 93.9 Å². The number of aliphatic hydroxyl groups is 1. The summed E-state index contributed by atoms with van der Waals surface area (Å²) in [6.07, 6.45) is 0.0229. The second kappa shape index (κ2) is 8.93. The summed E-state index contributed by atoms with van der Waals surface area (Å²) < 4.78 is 12.5. The van der Waals surface area contributed by atoms with Crippen LogP contribution in [-0.2, 0) is 21.4 Å². The number of ether oxygens (including phenoxy) is 2. The predicted octanol–water partition coefficient (Wildman–Crippen LogP) is 2.89. The normalized spacial score (nSPS) is 18.3. The molecule has 2 aromatic rings. The van der Waals surface area contributed by atoms with Crippen LogP contribution < -0.4 is 4.74 Å². The molecule has 3 rings (SSSR count). The smallest absolute Gasteiger partial charge is 0.295 e. The lowest BCUT2D eigenvalue weighted by Crippen LogP contribution is -2.32. The van der Waals surface area contributed by atoms with Gasteiger partial charge in [0.2, 0.25) is 0 Å². The molecule has 166 valence electrons. The predicted molar refractivity (Wildman–Crippen MR) is 116 cm³/mol. The van der Waals surface area contributed by atoms with Crippen molar-refractivity contribution in [2.75, 3.05) is 20.3 Å². The van der Waals surface area contributed by atoms with Gasteiger partial charge in [0.25, 0.3) is 11.7 Å². The summed E-state index contributed by atoms with van der Waals surface area (Å²) in [6.45, 7) is 7.93. The van der Waals surface area contributed by atoms with Crippen LogP contribution in [0.25, 0.3) is 5.76 Å². The van der Waals surface area contributed by atoms with Gasteiger partial charge in [-0.05, 0) is 45.4 Å². The number of ketones is 1. The molecule has 0 bridgehead atoms. The molecule has 0 saturated carbocycles. The highest BCUT2D eigenvalue weighted by Gasteiger charge is 2.46. The standard InChI is InChI=1S/C23H29N3O5/c1-13(2)31-17-9-7-16(8-10-17)20-19(22(28)23(29)26(20)11-12-30-6)21(27)18-14(3)24-25(5)15(18)4/h7-10,13,20,27H,11-12H2,1-6H3/b21-19+. The average Bonchev–Trinajstić information content (AvgIpc) is 3.12. The molecular weight excluding hydrogens is 398 g/mol. The number of aliphatic hydroxyl groups excluding tert-OH is 1. The monoisotopic (exact) mass is 427 g/mol. The van der Waals surface area contributed by atoms with E-state index in [0.717, 1.165) is 0 Å². The average molecular weight is 428 g/mol. The number of methoxy groups -OCH3 is 1. The zero-order chi connectivity index (χ0) is 22.9. The number of Topliss-reactive ketones (excluding diaryl/α,β-unsaturated/α-hetero) is 1. The van der Waals surface area contributed by atoms with Gasteiger partial charge in [-0.2, -0.15) is 5.10 Å². The number of nitrogens with zero attached hydrogens (tertiary/aromatic N) is 3. The Labute approximate surface area is 182 Å². The van der Waals surface area contributed by atoms with Crippen LogP contribution >= 0.6 is 0 Å². The van der Waals surface area contributed by atoms with E-state index >= 15 is 0 Å². The van der Waals surface area contributed by atoms with Gasteiger partial charge >= 0.3 is 0 Å². The number of rotatable bonds is 7. The second-order valence-electron chi connectivity index (χ2n) is 7.89. The number of hydrogen-bond acceptors (Lipinski definition) is 6. The Morgan fingerprint density at radius 3 is 2.35 bits per heavy atom. The molecule has 1 amide bonds. The van der Waals surface area contributed by atoms with E-state index in [-0.39, 0.29) is 30.6 Å². The molecule has 1 unspecified atom stereocenters. The van der Waals surface area contributed by atoms with E-state index in [9.17, 15) is 14.7 Å². The minimum atomic E-state index is -0.734. The molecule has 8 heteroatoms. The Morgan fingerprint density at radius 1 is 1.19 bits per heavy atom. The maximum absolute atomic E-state index is 13.0. The van der Waals surface area contributed by atoms with Gasteiger partial charge in [-0.15, -0.1) is 0 Å². The Bertz CT molecular complexity index is 1020. The molecular formula is C23H29N3O5. The van der Waals surface area contributed by atoms with Crippen molar-refractivity contribution in [2.24, 2.45) is 7.05 Å². The van der Waals surface area contributed by atoms with E-state index in [4.69, 9.17) is 9.47 Å². The Hall–Kier alpha value is -3.13. The van der Waals surface area contributed by atoms with Crippen molar-refractivity contribution in [1.82, 2.24) is 14.7 Å². The minimum Gasteiger partial charge on any atom is -0.507 e. The van der Waals surface area contributed by atoms with Crippen LogP contribution in [0.15, 0.2) is 29.8 Å². The van der Waals surface area contributed by atoms with Gasteiger partial charge < -0.3 is 19.5 Å². The summed E-state index contributed by atoms with van der Waals surface area (Å²) in [6, 6.07) is 6.48. The number of benzene rings is 1.